The Morgan fingerprint density at radius 2 is 1.73 bits per heavy atom. The summed E-state index contributed by atoms with van der Waals surface area (Å²) in [5, 5.41) is 2.11. The molecule has 0 saturated heterocycles. The molecule has 0 spiro atoms. The molecule has 33 heavy (non-hydrogen) atoms. The molecule has 0 radical (unpaired) electrons. The standard InChI is InChI=1S/C21H22ClF3N2O5S/c1-12(14-4-7-18-19(10-14)32-9-8-31-18)26-20(28)13(2)27(33(3,29)30)15-5-6-17(22)16(11-15)21(23,24)25/h4-7,10-13H,8-9H2,1-3H3,(H,26,28)/t12-,13-/m1/s1. The van der Waals surface area contributed by atoms with Crippen molar-refractivity contribution in [1.82, 2.24) is 5.32 Å². The van der Waals surface area contributed by atoms with Crippen LogP contribution in [0.25, 0.3) is 0 Å². The highest BCUT2D eigenvalue weighted by Crippen LogP contribution is 2.38. The van der Waals surface area contributed by atoms with Crippen molar-refractivity contribution in [3.8, 4) is 11.5 Å². The second-order valence-corrected chi connectivity index (χ2v) is 9.80. The molecule has 0 unspecified atom stereocenters. The fourth-order valence-electron chi connectivity index (χ4n) is 3.42. The quantitative estimate of drug-likeness (QED) is 0.636. The number of ether oxygens (including phenoxy) is 2. The van der Waals surface area contributed by atoms with Crippen LogP contribution in [0, 0.1) is 0 Å². The Morgan fingerprint density at radius 1 is 1.09 bits per heavy atom. The summed E-state index contributed by atoms with van der Waals surface area (Å²) in [6.07, 6.45) is -3.99. The van der Waals surface area contributed by atoms with E-state index >= 15 is 0 Å². The average molecular weight is 507 g/mol. The lowest BCUT2D eigenvalue weighted by Crippen LogP contribution is -2.48. The van der Waals surface area contributed by atoms with Gasteiger partial charge in [0.15, 0.2) is 11.5 Å². The highest BCUT2D eigenvalue weighted by molar-refractivity contribution is 7.92. The van der Waals surface area contributed by atoms with E-state index in [4.69, 9.17) is 21.1 Å². The molecular weight excluding hydrogens is 485 g/mol. The summed E-state index contributed by atoms with van der Waals surface area (Å²) in [7, 11) is -4.12. The molecule has 1 aliphatic rings. The number of carbonyl (C=O) groups is 1. The maximum atomic E-state index is 13.3. The Morgan fingerprint density at radius 3 is 2.33 bits per heavy atom. The molecule has 1 heterocycles. The number of halogens is 4. The smallest absolute Gasteiger partial charge is 0.417 e. The van der Waals surface area contributed by atoms with Crippen molar-refractivity contribution in [2.75, 3.05) is 23.8 Å². The van der Waals surface area contributed by atoms with Crippen molar-refractivity contribution >= 4 is 33.2 Å². The van der Waals surface area contributed by atoms with Gasteiger partial charge in [-0.05, 0) is 49.7 Å². The van der Waals surface area contributed by atoms with Crippen LogP contribution in [0.15, 0.2) is 36.4 Å². The first kappa shape index (κ1) is 25.0. The zero-order valence-electron chi connectivity index (χ0n) is 17.9. The predicted octanol–water partition coefficient (Wildman–Crippen LogP) is 4.16. The zero-order valence-corrected chi connectivity index (χ0v) is 19.5. The van der Waals surface area contributed by atoms with Crippen LogP contribution < -0.4 is 19.1 Å². The summed E-state index contributed by atoms with van der Waals surface area (Å²) in [6, 6.07) is 5.91. The molecule has 1 aliphatic heterocycles. The van der Waals surface area contributed by atoms with Gasteiger partial charge in [-0.1, -0.05) is 17.7 Å². The predicted molar refractivity (Wildman–Crippen MR) is 117 cm³/mol. The van der Waals surface area contributed by atoms with Crippen LogP contribution in [0.1, 0.15) is 31.0 Å². The lowest BCUT2D eigenvalue weighted by atomic mass is 10.1. The van der Waals surface area contributed by atoms with Crippen molar-refractivity contribution in [3.63, 3.8) is 0 Å². The minimum atomic E-state index is -4.80. The Bertz CT molecular complexity index is 1160. The average Bonchev–Trinajstić information content (AvgIpc) is 2.72. The molecular formula is C21H22ClF3N2O5S. The third kappa shape index (κ3) is 5.64. The number of anilines is 1. The van der Waals surface area contributed by atoms with Gasteiger partial charge in [-0.15, -0.1) is 0 Å². The molecule has 0 saturated carbocycles. The molecule has 1 amide bonds. The molecule has 2 aromatic rings. The molecule has 2 aromatic carbocycles. The fraction of sp³-hybridized carbons (Fsp3) is 0.381. The van der Waals surface area contributed by atoms with E-state index in [2.05, 4.69) is 5.32 Å². The van der Waals surface area contributed by atoms with Crippen LogP contribution in [0.2, 0.25) is 5.02 Å². The largest absolute Gasteiger partial charge is 0.486 e. The van der Waals surface area contributed by atoms with Gasteiger partial charge in [0.25, 0.3) is 0 Å². The van der Waals surface area contributed by atoms with Gasteiger partial charge in [0.2, 0.25) is 15.9 Å². The van der Waals surface area contributed by atoms with E-state index in [0.717, 1.165) is 18.4 Å². The number of fused-ring (bicyclic) bond motifs is 1. The summed E-state index contributed by atoms with van der Waals surface area (Å²) in [5.41, 5.74) is -0.854. The van der Waals surface area contributed by atoms with E-state index in [1.165, 1.54) is 6.92 Å². The van der Waals surface area contributed by atoms with Crippen LogP contribution in [0.4, 0.5) is 18.9 Å². The van der Waals surface area contributed by atoms with Crippen LogP contribution in [-0.2, 0) is 21.0 Å². The Labute approximate surface area is 194 Å². The summed E-state index contributed by atoms with van der Waals surface area (Å²) in [5.74, 6) is 0.390. The van der Waals surface area contributed by atoms with Gasteiger partial charge in [-0.2, -0.15) is 13.2 Å². The maximum Gasteiger partial charge on any atom is 0.417 e. The Hall–Kier alpha value is -2.66. The van der Waals surface area contributed by atoms with Gasteiger partial charge < -0.3 is 14.8 Å². The summed E-state index contributed by atoms with van der Waals surface area (Å²) < 4.78 is 76.3. The molecule has 180 valence electrons. The molecule has 0 aromatic heterocycles. The van der Waals surface area contributed by atoms with E-state index in [0.29, 0.717) is 40.6 Å². The first-order chi connectivity index (χ1) is 15.3. The molecule has 3 rings (SSSR count). The van der Waals surface area contributed by atoms with E-state index in [9.17, 15) is 26.4 Å². The Kier molecular flexibility index (Phi) is 7.04. The molecule has 0 fully saturated rings. The number of nitrogens with zero attached hydrogens (tertiary/aromatic N) is 1. The van der Waals surface area contributed by atoms with Gasteiger partial charge in [-0.25, -0.2) is 8.42 Å². The third-order valence-corrected chi connectivity index (χ3v) is 6.59. The molecule has 0 bridgehead atoms. The normalized spacial score (nSPS) is 15.5. The molecule has 1 N–H and O–H groups in total. The number of hydrogen-bond donors (Lipinski definition) is 1. The highest BCUT2D eigenvalue weighted by Gasteiger charge is 2.36. The number of benzene rings is 2. The molecule has 2 atom stereocenters. The van der Waals surface area contributed by atoms with E-state index < -0.39 is 44.8 Å². The number of nitrogens with one attached hydrogen (secondary N) is 1. The number of carbonyl (C=O) groups excluding carboxylic acids is 1. The summed E-state index contributed by atoms with van der Waals surface area (Å²) in [6.45, 7) is 3.79. The van der Waals surface area contributed by atoms with Crippen molar-refractivity contribution in [1.29, 1.82) is 0 Å². The second-order valence-electron chi connectivity index (χ2n) is 7.53. The topological polar surface area (TPSA) is 84.9 Å². The SMILES string of the molecule is C[C@H](C(=O)N[C@H](C)c1ccc2c(c1)OCCO2)N(c1ccc(Cl)c(C(F)(F)F)c1)S(C)(=O)=O. The summed E-state index contributed by atoms with van der Waals surface area (Å²) in [4.78, 5) is 12.9. The van der Waals surface area contributed by atoms with E-state index in [1.54, 1.807) is 25.1 Å². The minimum Gasteiger partial charge on any atom is -0.486 e. The highest BCUT2D eigenvalue weighted by atomic mass is 35.5. The van der Waals surface area contributed by atoms with Gasteiger partial charge in [0.1, 0.15) is 19.3 Å². The first-order valence-corrected chi connectivity index (χ1v) is 12.1. The number of amides is 1. The second kappa shape index (κ2) is 9.30. The number of alkyl halides is 3. The van der Waals surface area contributed by atoms with Gasteiger partial charge in [0.05, 0.1) is 28.6 Å². The molecule has 0 aliphatic carbocycles. The van der Waals surface area contributed by atoms with Crippen LogP contribution >= 0.6 is 11.6 Å². The third-order valence-electron chi connectivity index (χ3n) is 5.02. The number of sulfonamides is 1. The van der Waals surface area contributed by atoms with Gasteiger partial charge in [-0.3, -0.25) is 9.10 Å². The van der Waals surface area contributed by atoms with Crippen molar-refractivity contribution < 1.29 is 35.9 Å². The first-order valence-electron chi connectivity index (χ1n) is 9.85. The van der Waals surface area contributed by atoms with Crippen LogP contribution in [0.3, 0.4) is 0 Å². The molecule has 7 nitrogen and oxygen atoms in total. The van der Waals surface area contributed by atoms with Crippen LogP contribution in [0.5, 0.6) is 11.5 Å². The van der Waals surface area contributed by atoms with Gasteiger partial charge in [0, 0.05) is 0 Å². The number of rotatable bonds is 6. The lowest BCUT2D eigenvalue weighted by Gasteiger charge is -2.30. The van der Waals surface area contributed by atoms with Crippen molar-refractivity contribution in [3.05, 3.63) is 52.5 Å². The fourth-order valence-corrected chi connectivity index (χ4v) is 4.81. The Balaban J connectivity index is 1.86. The van der Waals surface area contributed by atoms with E-state index in [1.807, 2.05) is 0 Å². The van der Waals surface area contributed by atoms with E-state index in [-0.39, 0.29) is 5.69 Å². The summed E-state index contributed by atoms with van der Waals surface area (Å²) >= 11 is 5.64. The van der Waals surface area contributed by atoms with Crippen LogP contribution in [-0.4, -0.2) is 39.8 Å². The monoisotopic (exact) mass is 506 g/mol. The lowest BCUT2D eigenvalue weighted by molar-refractivity contribution is -0.137. The number of hydrogen-bond acceptors (Lipinski definition) is 5. The minimum absolute atomic E-state index is 0.330. The zero-order chi connectivity index (χ0) is 24.6. The maximum absolute atomic E-state index is 13.3. The molecule has 12 heteroatoms. The van der Waals surface area contributed by atoms with Gasteiger partial charge >= 0.3 is 6.18 Å². The van der Waals surface area contributed by atoms with Crippen molar-refractivity contribution in [2.24, 2.45) is 0 Å². The van der Waals surface area contributed by atoms with Crippen molar-refractivity contribution in [2.45, 2.75) is 32.1 Å².